The Morgan fingerprint density at radius 2 is 1.42 bits per heavy atom. The van der Waals surface area contributed by atoms with Gasteiger partial charge in [0.05, 0.1) is 9.84 Å². The van der Waals surface area contributed by atoms with Crippen molar-refractivity contribution in [2.75, 3.05) is 0 Å². The van der Waals surface area contributed by atoms with Crippen LogP contribution in [0.1, 0.15) is 93.8 Å². The van der Waals surface area contributed by atoms with Gasteiger partial charge >= 0.3 is 0 Å². The molecule has 1 atom stereocenters. The smallest absolute Gasteiger partial charge is 0.120 e. The Hall–Kier alpha value is -0.0200. The van der Waals surface area contributed by atoms with E-state index in [-0.39, 0.29) is 3.74 Å². The summed E-state index contributed by atoms with van der Waals surface area (Å²) in [4.78, 5) is 0. The van der Waals surface area contributed by atoms with Crippen LogP contribution in [0.25, 0.3) is 0 Å². The van der Waals surface area contributed by atoms with E-state index >= 15 is 0 Å². The molecule has 0 saturated heterocycles. The monoisotopic (exact) mass is 460 g/mol. The summed E-state index contributed by atoms with van der Waals surface area (Å²) < 4.78 is 6.52. The van der Waals surface area contributed by atoms with E-state index in [4.69, 9.17) is 4.74 Å². The van der Waals surface area contributed by atoms with Gasteiger partial charge in [0.25, 0.3) is 0 Å². The summed E-state index contributed by atoms with van der Waals surface area (Å²) in [7, 11) is 0. The Bertz CT molecular complexity index is 420. The van der Waals surface area contributed by atoms with Crippen LogP contribution in [0.2, 0.25) is 0 Å². The average molecular weight is 462 g/mol. The van der Waals surface area contributed by atoms with Crippen LogP contribution in [0.15, 0.2) is 24.3 Å². The lowest BCUT2D eigenvalue weighted by Gasteiger charge is -2.20. The first-order chi connectivity index (χ1) is 11.7. The highest BCUT2D eigenvalue weighted by Crippen LogP contribution is 2.31. The second-order valence-electron chi connectivity index (χ2n) is 6.67. The standard InChI is InChI=1S/C21H34Br2O/c1-3-5-7-8-9-11-15-19(14-10-6-4-2)24-20-16-12-13-18(17-20)21(22)23/h12-13,16-17,19,21H,3-11,14-15H2,1-2H3. The summed E-state index contributed by atoms with van der Waals surface area (Å²) in [5, 5.41) is 0. The molecule has 0 saturated carbocycles. The molecule has 1 rings (SSSR count). The second kappa shape index (κ2) is 14.2. The summed E-state index contributed by atoms with van der Waals surface area (Å²) in [5.41, 5.74) is 1.21. The highest BCUT2D eigenvalue weighted by Gasteiger charge is 2.12. The van der Waals surface area contributed by atoms with Crippen molar-refractivity contribution in [2.24, 2.45) is 0 Å². The van der Waals surface area contributed by atoms with Gasteiger partial charge in [0.15, 0.2) is 0 Å². The minimum atomic E-state index is 0.186. The number of rotatable bonds is 14. The first-order valence-corrected chi connectivity index (χ1v) is 11.5. The highest BCUT2D eigenvalue weighted by atomic mass is 79.9. The molecule has 1 aromatic carbocycles. The van der Waals surface area contributed by atoms with Crippen molar-refractivity contribution in [3.05, 3.63) is 29.8 Å². The topological polar surface area (TPSA) is 9.23 Å². The van der Waals surface area contributed by atoms with E-state index in [0.29, 0.717) is 6.10 Å². The zero-order valence-electron chi connectivity index (χ0n) is 15.4. The lowest BCUT2D eigenvalue weighted by molar-refractivity contribution is 0.173. The third-order valence-electron chi connectivity index (χ3n) is 4.42. The molecule has 138 valence electrons. The van der Waals surface area contributed by atoms with E-state index in [0.717, 1.165) is 5.75 Å². The van der Waals surface area contributed by atoms with Crippen molar-refractivity contribution >= 4 is 31.9 Å². The SMILES string of the molecule is CCCCCCCCC(CCCCC)Oc1cccc(C(Br)Br)c1. The van der Waals surface area contributed by atoms with Crippen molar-refractivity contribution in [1.82, 2.24) is 0 Å². The van der Waals surface area contributed by atoms with Gasteiger partial charge in [-0.15, -0.1) is 0 Å². The number of benzene rings is 1. The van der Waals surface area contributed by atoms with E-state index in [9.17, 15) is 0 Å². The van der Waals surface area contributed by atoms with Crippen LogP contribution < -0.4 is 4.74 Å². The fourth-order valence-corrected chi connectivity index (χ4v) is 3.52. The molecule has 0 aliphatic heterocycles. The zero-order chi connectivity index (χ0) is 17.6. The molecule has 0 aliphatic rings. The normalized spacial score (nSPS) is 12.5. The molecule has 0 N–H and O–H groups in total. The van der Waals surface area contributed by atoms with Gasteiger partial charge in [-0.05, 0) is 43.4 Å². The highest BCUT2D eigenvalue weighted by molar-refractivity contribution is 9.24. The van der Waals surface area contributed by atoms with E-state index in [2.05, 4.69) is 70.0 Å². The van der Waals surface area contributed by atoms with Crippen molar-refractivity contribution in [3.8, 4) is 5.75 Å². The van der Waals surface area contributed by atoms with Crippen LogP contribution in [0.5, 0.6) is 5.75 Å². The Morgan fingerprint density at radius 1 is 0.833 bits per heavy atom. The maximum Gasteiger partial charge on any atom is 0.120 e. The molecule has 1 aromatic rings. The third kappa shape index (κ3) is 10.1. The molecule has 1 unspecified atom stereocenters. The fraction of sp³-hybridized carbons (Fsp3) is 0.714. The Labute approximate surface area is 166 Å². The molecule has 0 fully saturated rings. The summed E-state index contributed by atoms with van der Waals surface area (Å²) in [6.07, 6.45) is 14.7. The Morgan fingerprint density at radius 3 is 2.08 bits per heavy atom. The van der Waals surface area contributed by atoms with Crippen molar-refractivity contribution < 1.29 is 4.74 Å². The van der Waals surface area contributed by atoms with Gasteiger partial charge < -0.3 is 4.74 Å². The number of halogens is 2. The molecule has 0 heterocycles. The summed E-state index contributed by atoms with van der Waals surface area (Å²) in [6.45, 7) is 4.54. The molecule has 0 aliphatic carbocycles. The van der Waals surface area contributed by atoms with Crippen LogP contribution in [0.4, 0.5) is 0 Å². The maximum absolute atomic E-state index is 6.34. The molecule has 0 aromatic heterocycles. The minimum Gasteiger partial charge on any atom is -0.490 e. The molecule has 24 heavy (non-hydrogen) atoms. The number of hydrogen-bond donors (Lipinski definition) is 0. The largest absolute Gasteiger partial charge is 0.490 e. The molecular weight excluding hydrogens is 428 g/mol. The Balaban J connectivity index is 2.47. The fourth-order valence-electron chi connectivity index (χ4n) is 2.95. The van der Waals surface area contributed by atoms with E-state index in [1.54, 1.807) is 0 Å². The number of alkyl halides is 2. The van der Waals surface area contributed by atoms with Crippen LogP contribution in [0.3, 0.4) is 0 Å². The van der Waals surface area contributed by atoms with E-state index < -0.39 is 0 Å². The first-order valence-electron chi connectivity index (χ1n) is 9.72. The van der Waals surface area contributed by atoms with Gasteiger partial charge in [0, 0.05) is 0 Å². The molecule has 0 radical (unpaired) electrons. The second-order valence-corrected chi connectivity index (χ2v) is 9.73. The van der Waals surface area contributed by atoms with E-state index in [1.807, 2.05) is 0 Å². The van der Waals surface area contributed by atoms with Gasteiger partial charge in [-0.2, -0.15) is 0 Å². The first kappa shape index (κ1) is 22.0. The molecule has 0 spiro atoms. The molecular formula is C21H34Br2O. The lowest BCUT2D eigenvalue weighted by Crippen LogP contribution is -2.16. The van der Waals surface area contributed by atoms with Crippen LogP contribution >= 0.6 is 31.9 Å². The van der Waals surface area contributed by atoms with Crippen LogP contribution in [0, 0.1) is 0 Å². The number of hydrogen-bond acceptors (Lipinski definition) is 1. The zero-order valence-corrected chi connectivity index (χ0v) is 18.6. The van der Waals surface area contributed by atoms with Crippen molar-refractivity contribution in [2.45, 2.75) is 94.3 Å². The molecule has 3 heteroatoms. The van der Waals surface area contributed by atoms with Gasteiger partial charge in [0.1, 0.15) is 5.75 Å². The third-order valence-corrected chi connectivity index (χ3v) is 5.48. The van der Waals surface area contributed by atoms with Crippen LogP contribution in [-0.4, -0.2) is 6.10 Å². The molecule has 0 bridgehead atoms. The Kier molecular flexibility index (Phi) is 13.0. The van der Waals surface area contributed by atoms with Gasteiger partial charge in [-0.25, -0.2) is 0 Å². The molecule has 1 nitrogen and oxygen atoms in total. The summed E-state index contributed by atoms with van der Waals surface area (Å²) in [5.74, 6) is 1.00. The van der Waals surface area contributed by atoms with E-state index in [1.165, 1.54) is 76.2 Å². The summed E-state index contributed by atoms with van der Waals surface area (Å²) in [6, 6.07) is 8.41. The average Bonchev–Trinajstić information content (AvgIpc) is 2.58. The number of unbranched alkanes of at least 4 members (excludes halogenated alkanes) is 7. The van der Waals surface area contributed by atoms with Gasteiger partial charge in [0.2, 0.25) is 0 Å². The quantitative estimate of drug-likeness (QED) is 0.199. The van der Waals surface area contributed by atoms with Crippen molar-refractivity contribution in [3.63, 3.8) is 0 Å². The molecule has 0 amide bonds. The predicted molar refractivity (Wildman–Crippen MR) is 114 cm³/mol. The lowest BCUT2D eigenvalue weighted by atomic mass is 10.0. The number of ether oxygens (including phenoxy) is 1. The minimum absolute atomic E-state index is 0.186. The predicted octanol–water partition coefficient (Wildman–Crippen LogP) is 8.55. The van der Waals surface area contributed by atoms with Crippen LogP contribution in [-0.2, 0) is 0 Å². The van der Waals surface area contributed by atoms with Crippen molar-refractivity contribution in [1.29, 1.82) is 0 Å². The van der Waals surface area contributed by atoms with Gasteiger partial charge in [-0.3, -0.25) is 0 Å². The summed E-state index contributed by atoms with van der Waals surface area (Å²) >= 11 is 7.13. The maximum atomic E-state index is 6.34. The van der Waals surface area contributed by atoms with Gasteiger partial charge in [-0.1, -0.05) is 103 Å².